The van der Waals surface area contributed by atoms with Gasteiger partial charge in [0.1, 0.15) is 0 Å². The van der Waals surface area contributed by atoms with Crippen LogP contribution in [0.5, 0.6) is 0 Å². The Labute approximate surface area is 76.3 Å². The summed E-state index contributed by atoms with van der Waals surface area (Å²) in [6.07, 6.45) is 4.26. The van der Waals surface area contributed by atoms with Crippen molar-refractivity contribution < 1.29 is 8.78 Å². The predicted molar refractivity (Wildman–Crippen MR) is 43.8 cm³/mol. The van der Waals surface area contributed by atoms with Crippen LogP contribution in [0.25, 0.3) is 0 Å². The fraction of sp³-hybridized carbons (Fsp3) is 0.750. The van der Waals surface area contributed by atoms with Gasteiger partial charge in [-0.15, -0.1) is 0 Å². The number of unbranched alkanes of at least 4 members (excludes halogenated alkanes) is 3. The number of rotatable bonds is 5. The maximum absolute atomic E-state index is 12.5. The topological polar surface area (TPSA) is 0 Å². The van der Waals surface area contributed by atoms with E-state index in [4.69, 9.17) is 0 Å². The Balaban J connectivity index is 3.32. The van der Waals surface area contributed by atoms with Crippen LogP contribution in [0.15, 0.2) is 10.3 Å². The van der Waals surface area contributed by atoms with Crippen LogP contribution in [0.4, 0.5) is 8.78 Å². The molecule has 0 aromatic carbocycles. The Bertz CT molecular complexity index is 128. The molecular weight excluding hydrogens is 141 g/mol. The van der Waals surface area contributed by atoms with E-state index in [-0.39, 0.29) is 6.42 Å². The molecule has 0 aliphatic rings. The third-order valence-corrected chi connectivity index (χ3v) is 1.62. The number of hydrogen-bond acceptors (Lipinski definition) is 0. The van der Waals surface area contributed by atoms with E-state index in [1.807, 2.05) is 0 Å². The Morgan fingerprint density at radius 1 is 1.18 bits per heavy atom. The van der Waals surface area contributed by atoms with Crippen LogP contribution < -0.4 is 0 Å². The first kappa shape index (κ1) is 11.2. The molecule has 60 valence electrons. The van der Waals surface area contributed by atoms with Crippen LogP contribution in [0.1, 0.15) is 39.0 Å². The van der Waals surface area contributed by atoms with Gasteiger partial charge in [-0.2, -0.15) is 0 Å². The first-order valence-electron chi connectivity index (χ1n) is 4.19. The fourth-order valence-electron chi connectivity index (χ4n) is 0.879. The molecule has 0 spiro atoms. The van der Waals surface area contributed by atoms with Gasteiger partial charge in [-0.05, 0) is 0 Å². The molecule has 0 N–H and O–H groups in total. The van der Waals surface area contributed by atoms with Gasteiger partial charge in [-0.3, -0.25) is 0 Å². The molecule has 0 unspecified atom stereocenters. The van der Waals surface area contributed by atoms with Gasteiger partial charge in [0.2, 0.25) is 0 Å². The summed E-state index contributed by atoms with van der Waals surface area (Å²) >= 11 is 1.16. The van der Waals surface area contributed by atoms with Crippen molar-refractivity contribution in [2.45, 2.75) is 39.0 Å². The molecule has 11 heavy (non-hydrogen) atoms. The van der Waals surface area contributed by atoms with Crippen LogP contribution in [-0.4, -0.2) is 17.7 Å². The molecule has 0 aromatic heterocycles. The number of allylic oxidation sites excluding steroid dienone is 1. The van der Waals surface area contributed by atoms with Gasteiger partial charge in [-0.25, -0.2) is 0 Å². The average molecular weight is 154 g/mol. The molecule has 0 aliphatic heterocycles. The van der Waals surface area contributed by atoms with Crippen molar-refractivity contribution in [3.63, 3.8) is 0 Å². The zero-order chi connectivity index (χ0) is 8.69. The van der Waals surface area contributed by atoms with E-state index in [9.17, 15) is 8.78 Å². The third-order valence-electron chi connectivity index (χ3n) is 1.62. The molecule has 0 aromatic rings. The Morgan fingerprint density at radius 2 is 1.82 bits per heavy atom. The summed E-state index contributed by atoms with van der Waals surface area (Å²) < 4.78 is 23.9. The van der Waals surface area contributed by atoms with E-state index in [2.05, 4.69) is 6.92 Å². The fourth-order valence-corrected chi connectivity index (χ4v) is 0.879. The molecule has 0 amide bonds. The quantitative estimate of drug-likeness (QED) is 0.421. The second kappa shape index (κ2) is 6.88. The zero-order valence-electron chi connectivity index (χ0n) is 7.29. The van der Waals surface area contributed by atoms with Gasteiger partial charge in [0.15, 0.2) is 0 Å². The molecule has 0 saturated carbocycles. The summed E-state index contributed by atoms with van der Waals surface area (Å²) in [5.41, 5.74) is 0. The molecule has 3 heteroatoms. The van der Waals surface area contributed by atoms with Gasteiger partial charge in [0.05, 0.1) is 0 Å². The van der Waals surface area contributed by atoms with Crippen molar-refractivity contribution in [3.8, 4) is 0 Å². The van der Waals surface area contributed by atoms with E-state index in [1.165, 1.54) is 0 Å². The Morgan fingerprint density at radius 3 is 2.27 bits per heavy atom. The molecule has 0 aliphatic carbocycles. The van der Waals surface area contributed by atoms with Crippen LogP contribution >= 0.6 is 0 Å². The maximum atomic E-state index is 12.5. The van der Waals surface area contributed by atoms with E-state index >= 15 is 0 Å². The molecule has 0 radical (unpaired) electrons. The van der Waals surface area contributed by atoms with Gasteiger partial charge in [0.25, 0.3) is 0 Å². The Hall–Kier alpha value is 0.197. The zero-order valence-corrected chi connectivity index (χ0v) is 7.29. The first-order valence-corrected chi connectivity index (χ1v) is 4.19. The van der Waals surface area contributed by atoms with Crippen molar-refractivity contribution in [1.82, 2.24) is 0 Å². The summed E-state index contributed by atoms with van der Waals surface area (Å²) in [6, 6.07) is 0. The van der Waals surface area contributed by atoms with Crippen LogP contribution in [0.2, 0.25) is 0 Å². The molecule has 0 rings (SSSR count). The molecular formula is C8H13F2Li. The van der Waals surface area contributed by atoms with Gasteiger partial charge >= 0.3 is 75.9 Å². The van der Waals surface area contributed by atoms with Gasteiger partial charge in [-0.1, -0.05) is 0 Å². The summed E-state index contributed by atoms with van der Waals surface area (Å²) in [4.78, 5) is 0. The molecule has 0 saturated heterocycles. The van der Waals surface area contributed by atoms with Crippen molar-refractivity contribution in [2.75, 3.05) is 0 Å². The molecule has 0 nitrogen and oxygen atoms in total. The molecule has 0 atom stereocenters. The van der Waals surface area contributed by atoms with Crippen molar-refractivity contribution in [3.05, 3.63) is 10.3 Å². The first-order chi connectivity index (χ1) is 5.18. The second-order valence-corrected chi connectivity index (χ2v) is 2.75. The molecule has 0 heterocycles. The van der Waals surface area contributed by atoms with Crippen LogP contribution in [0, 0.1) is 0 Å². The number of halogens is 2. The third kappa shape index (κ3) is 6.59. The molecule has 0 fully saturated rings. The summed E-state index contributed by atoms with van der Waals surface area (Å²) in [6.45, 7) is 2.09. The van der Waals surface area contributed by atoms with E-state index in [0.717, 1.165) is 43.4 Å². The summed E-state index contributed by atoms with van der Waals surface area (Å²) in [7, 11) is 0. The SMILES string of the molecule is [Li]/[C](F)=C(/F)CCCCCC. The normalized spacial score (nSPS) is 13.2. The van der Waals surface area contributed by atoms with Crippen LogP contribution in [-0.2, 0) is 0 Å². The van der Waals surface area contributed by atoms with Crippen molar-refractivity contribution in [2.24, 2.45) is 0 Å². The summed E-state index contributed by atoms with van der Waals surface area (Å²) in [5, 5.41) is 0. The van der Waals surface area contributed by atoms with Crippen molar-refractivity contribution >= 4 is 17.7 Å². The average Bonchev–Trinajstić information content (AvgIpc) is 1.97. The van der Waals surface area contributed by atoms with Gasteiger partial charge in [0, 0.05) is 0 Å². The van der Waals surface area contributed by atoms with Gasteiger partial charge < -0.3 is 0 Å². The predicted octanol–water partition coefficient (Wildman–Crippen LogP) is 3.23. The van der Waals surface area contributed by atoms with E-state index in [0.29, 0.717) is 0 Å². The van der Waals surface area contributed by atoms with Crippen LogP contribution in [0.3, 0.4) is 0 Å². The Kier molecular flexibility index (Phi) is 7.00. The second-order valence-electron chi connectivity index (χ2n) is 2.75. The minimum absolute atomic E-state index is 0.266. The minimum atomic E-state index is -0.665. The molecule has 0 bridgehead atoms. The summed E-state index contributed by atoms with van der Waals surface area (Å²) in [5.74, 6) is -0.582. The standard InChI is InChI=1S/C8H13F2.Li/c1-2-3-4-5-6-8(10)7-9;/h2-6H2,1H3;. The van der Waals surface area contributed by atoms with E-state index in [1.54, 1.807) is 0 Å². The van der Waals surface area contributed by atoms with E-state index < -0.39 is 10.3 Å². The number of hydrogen-bond donors (Lipinski definition) is 0. The van der Waals surface area contributed by atoms with Crippen molar-refractivity contribution in [1.29, 1.82) is 0 Å². The monoisotopic (exact) mass is 154 g/mol.